The third-order valence-electron chi connectivity index (χ3n) is 7.25. The van der Waals surface area contributed by atoms with Crippen molar-refractivity contribution in [3.63, 3.8) is 0 Å². The average molecular weight is 385 g/mol. The molecule has 5 aliphatic carbocycles. The van der Waals surface area contributed by atoms with Crippen molar-refractivity contribution in [1.29, 1.82) is 0 Å². The third kappa shape index (κ3) is 4.42. The zero-order valence-corrected chi connectivity index (χ0v) is 16.3. The standard InChI is InChI=1S/C19H32N2O4S/c22-18(23)12-21(11-15-1-2-15)17-9-16(10-17)20-26(24,25)13-19-6-3-14(4-7-19)5-8-19/h14-17,20H,1-13H2,(H,22,23). The predicted octanol–water partition coefficient (Wildman–Crippen LogP) is 2.20. The van der Waals surface area contributed by atoms with Crippen molar-refractivity contribution >= 4 is 16.0 Å². The van der Waals surface area contributed by atoms with Gasteiger partial charge in [-0.3, -0.25) is 9.69 Å². The molecule has 0 aromatic carbocycles. The van der Waals surface area contributed by atoms with Gasteiger partial charge in [0.25, 0.3) is 0 Å². The molecular formula is C19H32N2O4S. The Hall–Kier alpha value is -0.660. The van der Waals surface area contributed by atoms with E-state index >= 15 is 0 Å². The molecule has 26 heavy (non-hydrogen) atoms. The first kappa shape index (κ1) is 18.7. The Balaban J connectivity index is 1.27. The van der Waals surface area contributed by atoms with E-state index in [9.17, 15) is 13.2 Å². The second-order valence-corrected chi connectivity index (χ2v) is 11.2. The fourth-order valence-corrected chi connectivity index (χ4v) is 7.41. The number of hydrogen-bond donors (Lipinski definition) is 2. The first-order valence-electron chi connectivity index (χ1n) is 10.3. The zero-order chi connectivity index (χ0) is 18.4. The lowest BCUT2D eigenvalue weighted by Gasteiger charge is -2.47. The first-order valence-corrected chi connectivity index (χ1v) is 11.9. The third-order valence-corrected chi connectivity index (χ3v) is 8.93. The first-order chi connectivity index (χ1) is 12.3. The van der Waals surface area contributed by atoms with E-state index < -0.39 is 16.0 Å². The summed E-state index contributed by atoms with van der Waals surface area (Å²) in [6.07, 6.45) is 10.7. The molecule has 2 N–H and O–H groups in total. The second-order valence-electron chi connectivity index (χ2n) is 9.45. The minimum absolute atomic E-state index is 0.0168. The molecule has 0 radical (unpaired) electrons. The largest absolute Gasteiger partial charge is 0.480 e. The molecule has 0 atom stereocenters. The van der Waals surface area contributed by atoms with Gasteiger partial charge in [0.05, 0.1) is 12.3 Å². The molecule has 148 valence electrons. The molecular weight excluding hydrogens is 352 g/mol. The van der Waals surface area contributed by atoms with Gasteiger partial charge in [-0.15, -0.1) is 0 Å². The van der Waals surface area contributed by atoms with Crippen LogP contribution in [0.1, 0.15) is 64.2 Å². The summed E-state index contributed by atoms with van der Waals surface area (Å²) in [5.74, 6) is 0.980. The van der Waals surface area contributed by atoms with Gasteiger partial charge in [-0.25, -0.2) is 13.1 Å². The number of rotatable bonds is 9. The normalized spacial score (nSPS) is 36.9. The molecule has 7 heteroatoms. The molecule has 0 aliphatic heterocycles. The van der Waals surface area contributed by atoms with Crippen LogP contribution in [0.2, 0.25) is 0 Å². The number of fused-ring (bicyclic) bond motifs is 3. The van der Waals surface area contributed by atoms with Crippen molar-refractivity contribution in [3.8, 4) is 0 Å². The van der Waals surface area contributed by atoms with Crippen LogP contribution in [-0.4, -0.2) is 55.3 Å². The Morgan fingerprint density at radius 2 is 1.69 bits per heavy atom. The molecule has 0 unspecified atom stereocenters. The summed E-state index contributed by atoms with van der Waals surface area (Å²) >= 11 is 0. The average Bonchev–Trinajstić information content (AvgIpc) is 3.34. The quantitative estimate of drug-likeness (QED) is 0.636. The molecule has 5 saturated carbocycles. The lowest BCUT2D eigenvalue weighted by Crippen LogP contribution is -2.56. The van der Waals surface area contributed by atoms with E-state index in [1.54, 1.807) is 0 Å². The molecule has 0 amide bonds. The molecule has 0 heterocycles. The van der Waals surface area contributed by atoms with Gasteiger partial charge in [-0.1, -0.05) is 0 Å². The smallest absolute Gasteiger partial charge is 0.317 e. The molecule has 0 aromatic rings. The number of aliphatic carboxylic acids is 1. The van der Waals surface area contributed by atoms with E-state index in [0.29, 0.717) is 5.92 Å². The van der Waals surface area contributed by atoms with Crippen LogP contribution in [0, 0.1) is 17.3 Å². The van der Waals surface area contributed by atoms with Crippen LogP contribution in [0.15, 0.2) is 0 Å². The van der Waals surface area contributed by atoms with Gasteiger partial charge in [0.1, 0.15) is 0 Å². The molecule has 6 nitrogen and oxygen atoms in total. The molecule has 0 saturated heterocycles. The second kappa shape index (κ2) is 7.06. The maximum absolute atomic E-state index is 12.7. The van der Waals surface area contributed by atoms with Gasteiger partial charge in [-0.2, -0.15) is 0 Å². The predicted molar refractivity (Wildman–Crippen MR) is 99.3 cm³/mol. The number of sulfonamides is 1. The summed E-state index contributed by atoms with van der Waals surface area (Å²) in [5, 5.41) is 9.13. The van der Waals surface area contributed by atoms with Crippen LogP contribution in [0.25, 0.3) is 0 Å². The van der Waals surface area contributed by atoms with Crippen LogP contribution >= 0.6 is 0 Å². The van der Waals surface area contributed by atoms with E-state index in [2.05, 4.69) is 4.72 Å². The molecule has 5 fully saturated rings. The topological polar surface area (TPSA) is 86.7 Å². The highest BCUT2D eigenvalue weighted by atomic mass is 32.2. The number of nitrogens with zero attached hydrogens (tertiary/aromatic N) is 1. The van der Waals surface area contributed by atoms with Gasteiger partial charge in [0.2, 0.25) is 10.0 Å². The minimum atomic E-state index is -3.25. The Labute approximate surface area is 156 Å². The van der Waals surface area contributed by atoms with E-state index in [1.807, 2.05) is 4.90 Å². The number of nitrogens with one attached hydrogen (secondary N) is 1. The Bertz CT molecular complexity index is 618. The number of carboxylic acids is 1. The van der Waals surface area contributed by atoms with Gasteiger partial charge in [-0.05, 0) is 81.5 Å². The SMILES string of the molecule is O=C(O)CN(CC1CC1)C1CC(NS(=O)(=O)CC23CCC(CC2)CC3)C1. The van der Waals surface area contributed by atoms with E-state index in [-0.39, 0.29) is 29.8 Å². The van der Waals surface area contributed by atoms with Crippen LogP contribution < -0.4 is 4.72 Å². The maximum atomic E-state index is 12.7. The van der Waals surface area contributed by atoms with Crippen LogP contribution in [-0.2, 0) is 14.8 Å². The molecule has 5 rings (SSSR count). The van der Waals surface area contributed by atoms with E-state index in [1.165, 1.54) is 32.1 Å². The highest BCUT2D eigenvalue weighted by Crippen LogP contribution is 2.50. The zero-order valence-electron chi connectivity index (χ0n) is 15.5. The summed E-state index contributed by atoms with van der Waals surface area (Å²) < 4.78 is 28.3. The molecule has 5 aliphatic rings. The lowest BCUT2D eigenvalue weighted by atomic mass is 9.62. The Morgan fingerprint density at radius 1 is 1.08 bits per heavy atom. The Morgan fingerprint density at radius 3 is 2.23 bits per heavy atom. The highest BCUT2D eigenvalue weighted by Gasteiger charge is 2.45. The fraction of sp³-hybridized carbons (Fsp3) is 0.947. The van der Waals surface area contributed by atoms with Crippen molar-refractivity contribution in [3.05, 3.63) is 0 Å². The number of carbonyl (C=O) groups is 1. The minimum Gasteiger partial charge on any atom is -0.480 e. The monoisotopic (exact) mass is 384 g/mol. The van der Waals surface area contributed by atoms with Gasteiger partial charge in [0, 0.05) is 18.6 Å². The van der Waals surface area contributed by atoms with Gasteiger partial charge < -0.3 is 5.11 Å². The van der Waals surface area contributed by atoms with Crippen molar-refractivity contribution in [2.45, 2.75) is 76.3 Å². The van der Waals surface area contributed by atoms with Crippen LogP contribution in [0.4, 0.5) is 0 Å². The van der Waals surface area contributed by atoms with Crippen molar-refractivity contribution in [1.82, 2.24) is 9.62 Å². The van der Waals surface area contributed by atoms with Gasteiger partial charge >= 0.3 is 5.97 Å². The number of hydrogen-bond acceptors (Lipinski definition) is 4. The van der Waals surface area contributed by atoms with Crippen LogP contribution in [0.3, 0.4) is 0 Å². The number of carboxylic acid groups (broad SMARTS) is 1. The summed E-state index contributed by atoms with van der Waals surface area (Å²) in [7, 11) is -3.25. The van der Waals surface area contributed by atoms with Crippen molar-refractivity contribution < 1.29 is 18.3 Å². The lowest BCUT2D eigenvalue weighted by molar-refractivity contribution is -0.139. The Kier molecular flexibility index (Phi) is 5.07. The van der Waals surface area contributed by atoms with Gasteiger partial charge in [0.15, 0.2) is 0 Å². The molecule has 0 spiro atoms. The fourth-order valence-electron chi connectivity index (χ4n) is 5.38. The molecule has 0 aromatic heterocycles. The molecule has 2 bridgehead atoms. The summed E-state index contributed by atoms with van der Waals surface area (Å²) in [6.45, 7) is 0.922. The van der Waals surface area contributed by atoms with Crippen molar-refractivity contribution in [2.75, 3.05) is 18.8 Å². The van der Waals surface area contributed by atoms with Crippen LogP contribution in [0.5, 0.6) is 0 Å². The summed E-state index contributed by atoms with van der Waals surface area (Å²) in [6, 6.07) is 0.194. The maximum Gasteiger partial charge on any atom is 0.317 e. The van der Waals surface area contributed by atoms with E-state index in [4.69, 9.17) is 5.11 Å². The van der Waals surface area contributed by atoms with E-state index in [0.717, 1.165) is 44.6 Å². The summed E-state index contributed by atoms with van der Waals surface area (Å²) in [4.78, 5) is 13.2. The highest BCUT2D eigenvalue weighted by molar-refractivity contribution is 7.89. The summed E-state index contributed by atoms with van der Waals surface area (Å²) in [5.41, 5.74) is 0.0189. The van der Waals surface area contributed by atoms with Crippen molar-refractivity contribution in [2.24, 2.45) is 17.3 Å².